The number of rotatable bonds is 7. The van der Waals surface area contributed by atoms with E-state index in [1.165, 1.54) is 18.4 Å². The van der Waals surface area contributed by atoms with Crippen LogP contribution in [0.3, 0.4) is 0 Å². The smallest absolute Gasteiger partial charge is 0.127 e. The lowest BCUT2D eigenvalue weighted by atomic mass is 10.0. The van der Waals surface area contributed by atoms with Crippen molar-refractivity contribution in [1.29, 1.82) is 0 Å². The van der Waals surface area contributed by atoms with Crippen LogP contribution in [0.25, 0.3) is 0 Å². The molecule has 2 aromatic rings. The van der Waals surface area contributed by atoms with Crippen molar-refractivity contribution in [2.45, 2.75) is 38.8 Å². The van der Waals surface area contributed by atoms with Crippen LogP contribution in [0.4, 0.5) is 0 Å². The Balaban J connectivity index is 1.89. The lowest BCUT2D eigenvalue weighted by molar-refractivity contribution is 0.481. The predicted molar refractivity (Wildman–Crippen MR) is 94.2 cm³/mol. The lowest BCUT2D eigenvalue weighted by Crippen LogP contribution is -2.06. The van der Waals surface area contributed by atoms with Gasteiger partial charge in [0.2, 0.25) is 0 Å². The Morgan fingerprint density at radius 2 is 1.67 bits per heavy atom. The van der Waals surface area contributed by atoms with Gasteiger partial charge in [0, 0.05) is 0 Å². The van der Waals surface area contributed by atoms with E-state index in [9.17, 15) is 0 Å². The highest BCUT2D eigenvalue weighted by Gasteiger charge is 2.07. The molecule has 0 aliphatic carbocycles. The normalized spacial score (nSPS) is 12.4. The van der Waals surface area contributed by atoms with Gasteiger partial charge in [-0.1, -0.05) is 44.2 Å². The molecule has 0 spiro atoms. The average Bonchev–Trinajstić information content (AvgIpc) is 2.48. The van der Waals surface area contributed by atoms with E-state index >= 15 is 0 Å². The lowest BCUT2D eigenvalue weighted by Gasteiger charge is -2.15. The second-order valence-electron chi connectivity index (χ2n) is 5.86. The monoisotopic (exact) mass is 300 g/mol. The first-order valence-electron chi connectivity index (χ1n) is 7.72. The number of hydrogen-bond acceptors (Lipinski definition) is 1. The average molecular weight is 300 g/mol. The fourth-order valence-corrected chi connectivity index (χ4v) is 2.50. The van der Waals surface area contributed by atoms with Crippen LogP contribution in [0.1, 0.15) is 32.3 Å². The van der Waals surface area contributed by atoms with Crippen LogP contribution >= 0.6 is 9.24 Å². The Labute approximate surface area is 130 Å². The van der Waals surface area contributed by atoms with Gasteiger partial charge in [0.25, 0.3) is 0 Å². The fourth-order valence-electron chi connectivity index (χ4n) is 2.26. The van der Waals surface area contributed by atoms with Gasteiger partial charge < -0.3 is 4.74 Å². The van der Waals surface area contributed by atoms with Gasteiger partial charge in [0.05, 0.1) is 0 Å². The maximum absolute atomic E-state index is 5.88. The van der Waals surface area contributed by atoms with Gasteiger partial charge in [0.1, 0.15) is 11.5 Å². The molecule has 2 aromatic carbocycles. The van der Waals surface area contributed by atoms with Crippen LogP contribution in [0.5, 0.6) is 11.5 Å². The summed E-state index contributed by atoms with van der Waals surface area (Å²) in [7, 11) is 2.97. The second-order valence-corrected chi connectivity index (χ2v) is 6.72. The van der Waals surface area contributed by atoms with Crippen molar-refractivity contribution in [3.8, 4) is 11.5 Å². The second kappa shape index (κ2) is 8.20. The molecule has 0 heterocycles. The SMILES string of the molecule is CC(C)C(P)CCCc1cccc(Oc2ccccc2)c1. The topological polar surface area (TPSA) is 9.23 Å². The Kier molecular flexibility index (Phi) is 6.26. The highest BCUT2D eigenvalue weighted by molar-refractivity contribution is 7.17. The molecular formula is C19H25OP. The summed E-state index contributed by atoms with van der Waals surface area (Å²) in [5, 5.41) is 0. The summed E-state index contributed by atoms with van der Waals surface area (Å²) in [5.41, 5.74) is 2.07. The first-order chi connectivity index (χ1) is 10.1. The highest BCUT2D eigenvalue weighted by atomic mass is 31.0. The Morgan fingerprint density at radius 3 is 2.38 bits per heavy atom. The largest absolute Gasteiger partial charge is 0.457 e. The zero-order chi connectivity index (χ0) is 15.1. The fraction of sp³-hybridized carbons (Fsp3) is 0.368. The van der Waals surface area contributed by atoms with E-state index in [1.807, 2.05) is 36.4 Å². The molecule has 2 rings (SSSR count). The van der Waals surface area contributed by atoms with E-state index in [2.05, 4.69) is 41.3 Å². The van der Waals surface area contributed by atoms with Gasteiger partial charge in [-0.15, -0.1) is 9.24 Å². The number of para-hydroxylation sites is 1. The third-order valence-corrected chi connectivity index (χ3v) is 4.84. The Bertz CT molecular complexity index is 536. The summed E-state index contributed by atoms with van der Waals surface area (Å²) in [6.07, 6.45) is 3.59. The third kappa shape index (κ3) is 5.52. The summed E-state index contributed by atoms with van der Waals surface area (Å²) in [6, 6.07) is 18.4. The van der Waals surface area contributed by atoms with Crippen molar-refractivity contribution in [2.75, 3.05) is 0 Å². The van der Waals surface area contributed by atoms with Crippen molar-refractivity contribution in [2.24, 2.45) is 5.92 Å². The number of benzene rings is 2. The Morgan fingerprint density at radius 1 is 0.952 bits per heavy atom. The molecule has 112 valence electrons. The van der Waals surface area contributed by atoms with Gasteiger partial charge >= 0.3 is 0 Å². The quantitative estimate of drug-likeness (QED) is 0.596. The van der Waals surface area contributed by atoms with Crippen molar-refractivity contribution in [3.63, 3.8) is 0 Å². The Hall–Kier alpha value is -1.33. The number of aryl methyl sites for hydroxylation is 1. The van der Waals surface area contributed by atoms with Crippen LogP contribution in [-0.2, 0) is 6.42 Å². The van der Waals surface area contributed by atoms with Gasteiger partial charge in [-0.3, -0.25) is 0 Å². The van der Waals surface area contributed by atoms with E-state index in [0.29, 0.717) is 5.66 Å². The zero-order valence-electron chi connectivity index (χ0n) is 13.0. The molecule has 1 nitrogen and oxygen atoms in total. The molecule has 0 N–H and O–H groups in total. The molecule has 21 heavy (non-hydrogen) atoms. The van der Waals surface area contributed by atoms with Gasteiger partial charge in [-0.2, -0.15) is 0 Å². The van der Waals surface area contributed by atoms with Crippen LogP contribution < -0.4 is 4.74 Å². The minimum absolute atomic E-state index is 0.716. The van der Waals surface area contributed by atoms with E-state index in [1.54, 1.807) is 0 Å². The predicted octanol–water partition coefficient (Wildman–Crippen LogP) is 5.70. The van der Waals surface area contributed by atoms with E-state index in [0.717, 1.165) is 23.8 Å². The van der Waals surface area contributed by atoms with Gasteiger partial charge in [-0.05, 0) is 60.7 Å². The summed E-state index contributed by atoms with van der Waals surface area (Å²) >= 11 is 0. The summed E-state index contributed by atoms with van der Waals surface area (Å²) < 4.78 is 5.88. The van der Waals surface area contributed by atoms with Crippen LogP contribution in [0, 0.1) is 5.92 Å². The molecule has 0 saturated carbocycles. The van der Waals surface area contributed by atoms with Crippen molar-refractivity contribution in [3.05, 3.63) is 60.2 Å². The molecule has 0 saturated heterocycles. The summed E-state index contributed by atoms with van der Waals surface area (Å²) in [4.78, 5) is 0. The highest BCUT2D eigenvalue weighted by Crippen LogP contribution is 2.23. The molecule has 0 fully saturated rings. The summed E-state index contributed by atoms with van der Waals surface area (Å²) in [5.74, 6) is 2.55. The third-order valence-electron chi connectivity index (χ3n) is 3.74. The van der Waals surface area contributed by atoms with Crippen LogP contribution in [-0.4, -0.2) is 5.66 Å². The first kappa shape index (κ1) is 16.0. The van der Waals surface area contributed by atoms with E-state index in [4.69, 9.17) is 4.74 Å². The molecule has 2 heteroatoms. The number of ether oxygens (including phenoxy) is 1. The molecule has 0 aromatic heterocycles. The summed E-state index contributed by atoms with van der Waals surface area (Å²) in [6.45, 7) is 4.57. The van der Waals surface area contributed by atoms with Crippen LogP contribution in [0.15, 0.2) is 54.6 Å². The van der Waals surface area contributed by atoms with Gasteiger partial charge in [-0.25, -0.2) is 0 Å². The molecule has 0 radical (unpaired) electrons. The van der Waals surface area contributed by atoms with E-state index in [-0.39, 0.29) is 0 Å². The van der Waals surface area contributed by atoms with Crippen molar-refractivity contribution >= 4 is 9.24 Å². The molecule has 0 amide bonds. The minimum atomic E-state index is 0.716. The standard InChI is InChI=1S/C19H25OP/c1-15(2)19(21)13-7-9-16-8-6-12-18(14-16)20-17-10-4-3-5-11-17/h3-6,8,10-12,14-15,19H,7,9,13,21H2,1-2H3. The molecular weight excluding hydrogens is 275 g/mol. The van der Waals surface area contributed by atoms with Crippen molar-refractivity contribution in [1.82, 2.24) is 0 Å². The molecule has 0 aliphatic rings. The maximum Gasteiger partial charge on any atom is 0.127 e. The molecule has 2 unspecified atom stereocenters. The van der Waals surface area contributed by atoms with E-state index < -0.39 is 0 Å². The van der Waals surface area contributed by atoms with Gasteiger partial charge in [0.15, 0.2) is 0 Å². The van der Waals surface area contributed by atoms with Crippen LogP contribution in [0.2, 0.25) is 0 Å². The molecule has 0 aliphatic heterocycles. The first-order valence-corrected chi connectivity index (χ1v) is 8.39. The minimum Gasteiger partial charge on any atom is -0.457 e. The zero-order valence-corrected chi connectivity index (χ0v) is 14.1. The molecule has 2 atom stereocenters. The van der Waals surface area contributed by atoms with Crippen molar-refractivity contribution < 1.29 is 4.74 Å². The number of hydrogen-bond donors (Lipinski definition) is 0. The maximum atomic E-state index is 5.88. The molecule has 0 bridgehead atoms.